The van der Waals surface area contributed by atoms with E-state index in [0.29, 0.717) is 19.4 Å². The number of hydrogen-bond donors (Lipinski definition) is 3. The Morgan fingerprint density at radius 1 is 1.55 bits per heavy atom. The summed E-state index contributed by atoms with van der Waals surface area (Å²) in [7, 11) is 0. The zero-order chi connectivity index (χ0) is 14.5. The fraction of sp³-hybridized carbons (Fsp3) is 0.333. The molecule has 1 atom stereocenters. The Morgan fingerprint density at radius 2 is 2.35 bits per heavy atom. The molecule has 1 aliphatic heterocycles. The predicted octanol–water partition coefficient (Wildman–Crippen LogP) is 1.34. The van der Waals surface area contributed by atoms with E-state index in [9.17, 15) is 9.59 Å². The number of carboxylic acid groups (broad SMARTS) is 1. The standard InChI is InChI=1S/C15H18N2O3/c1-2-5-16-12(9-15(19)20)7-10-3-4-13-11(6-10)8-14(18)17-13/h2-4,6,12,16H,1,5,7-9H2,(H,17,18)(H,19,20). The third-order valence-electron chi connectivity index (χ3n) is 3.25. The second kappa shape index (κ2) is 6.34. The molecular weight excluding hydrogens is 256 g/mol. The molecule has 0 saturated heterocycles. The van der Waals surface area contributed by atoms with Crippen LogP contribution in [0.4, 0.5) is 5.69 Å². The minimum absolute atomic E-state index is 0.00372. The van der Waals surface area contributed by atoms with Crippen molar-refractivity contribution in [3.8, 4) is 0 Å². The summed E-state index contributed by atoms with van der Waals surface area (Å²) < 4.78 is 0. The molecule has 1 unspecified atom stereocenters. The van der Waals surface area contributed by atoms with Gasteiger partial charge in [-0.1, -0.05) is 18.2 Å². The molecule has 1 aliphatic rings. The van der Waals surface area contributed by atoms with Crippen molar-refractivity contribution in [2.75, 3.05) is 11.9 Å². The lowest BCUT2D eigenvalue weighted by atomic mass is 10.00. The van der Waals surface area contributed by atoms with Gasteiger partial charge < -0.3 is 15.7 Å². The summed E-state index contributed by atoms with van der Waals surface area (Å²) >= 11 is 0. The molecular formula is C15H18N2O3. The second-order valence-electron chi connectivity index (χ2n) is 4.91. The largest absolute Gasteiger partial charge is 0.481 e. The summed E-state index contributed by atoms with van der Waals surface area (Å²) in [5.74, 6) is -0.825. The molecule has 20 heavy (non-hydrogen) atoms. The number of anilines is 1. The third-order valence-corrected chi connectivity index (χ3v) is 3.25. The Kier molecular flexibility index (Phi) is 4.53. The Morgan fingerprint density at radius 3 is 3.05 bits per heavy atom. The first-order valence-electron chi connectivity index (χ1n) is 6.56. The van der Waals surface area contributed by atoms with E-state index in [1.54, 1.807) is 6.08 Å². The number of nitrogens with one attached hydrogen (secondary N) is 2. The maximum atomic E-state index is 11.3. The lowest BCUT2D eigenvalue weighted by Crippen LogP contribution is -2.33. The van der Waals surface area contributed by atoms with Crippen LogP contribution in [0.15, 0.2) is 30.9 Å². The van der Waals surface area contributed by atoms with E-state index in [4.69, 9.17) is 5.11 Å². The Labute approximate surface area is 117 Å². The highest BCUT2D eigenvalue weighted by molar-refractivity contribution is 5.99. The van der Waals surface area contributed by atoms with Gasteiger partial charge in [-0.25, -0.2) is 0 Å². The lowest BCUT2D eigenvalue weighted by Gasteiger charge is -2.16. The average molecular weight is 274 g/mol. The van der Waals surface area contributed by atoms with Crippen molar-refractivity contribution in [3.05, 3.63) is 42.0 Å². The summed E-state index contributed by atoms with van der Waals surface area (Å²) in [6.45, 7) is 4.19. The fourth-order valence-electron chi connectivity index (χ4n) is 2.37. The van der Waals surface area contributed by atoms with Gasteiger partial charge in [0, 0.05) is 18.3 Å². The Balaban J connectivity index is 2.06. The smallest absolute Gasteiger partial charge is 0.304 e. The molecule has 1 heterocycles. The van der Waals surface area contributed by atoms with Gasteiger partial charge in [0.25, 0.3) is 0 Å². The van der Waals surface area contributed by atoms with Gasteiger partial charge in [-0.2, -0.15) is 0 Å². The first-order valence-corrected chi connectivity index (χ1v) is 6.56. The highest BCUT2D eigenvalue weighted by Crippen LogP contribution is 2.24. The van der Waals surface area contributed by atoms with Crippen molar-refractivity contribution >= 4 is 17.6 Å². The lowest BCUT2D eigenvalue weighted by molar-refractivity contribution is -0.137. The van der Waals surface area contributed by atoms with E-state index >= 15 is 0 Å². The normalized spacial score (nSPS) is 14.5. The van der Waals surface area contributed by atoms with E-state index in [-0.39, 0.29) is 18.4 Å². The highest BCUT2D eigenvalue weighted by Gasteiger charge is 2.19. The van der Waals surface area contributed by atoms with Crippen LogP contribution >= 0.6 is 0 Å². The molecule has 1 amide bonds. The summed E-state index contributed by atoms with van der Waals surface area (Å²) in [6, 6.07) is 5.63. The van der Waals surface area contributed by atoms with Gasteiger partial charge in [-0.05, 0) is 23.6 Å². The summed E-state index contributed by atoms with van der Waals surface area (Å²) in [6.07, 6.45) is 2.77. The van der Waals surface area contributed by atoms with E-state index in [0.717, 1.165) is 16.8 Å². The number of carboxylic acids is 1. The van der Waals surface area contributed by atoms with Gasteiger partial charge >= 0.3 is 5.97 Å². The van der Waals surface area contributed by atoms with Crippen LogP contribution in [0.5, 0.6) is 0 Å². The van der Waals surface area contributed by atoms with Crippen LogP contribution in [-0.4, -0.2) is 29.6 Å². The van der Waals surface area contributed by atoms with E-state index in [2.05, 4.69) is 17.2 Å². The zero-order valence-corrected chi connectivity index (χ0v) is 11.2. The summed E-state index contributed by atoms with van der Waals surface area (Å²) in [4.78, 5) is 22.2. The van der Waals surface area contributed by atoms with Crippen LogP contribution < -0.4 is 10.6 Å². The number of aliphatic carboxylic acids is 1. The molecule has 0 bridgehead atoms. The van der Waals surface area contributed by atoms with Crippen LogP contribution in [-0.2, 0) is 22.4 Å². The van der Waals surface area contributed by atoms with Crippen LogP contribution in [0.3, 0.4) is 0 Å². The predicted molar refractivity (Wildman–Crippen MR) is 76.7 cm³/mol. The van der Waals surface area contributed by atoms with Gasteiger partial charge in [0.1, 0.15) is 0 Å². The van der Waals surface area contributed by atoms with Crippen molar-refractivity contribution in [2.24, 2.45) is 0 Å². The van der Waals surface area contributed by atoms with Crippen molar-refractivity contribution in [2.45, 2.75) is 25.3 Å². The van der Waals surface area contributed by atoms with Crippen molar-refractivity contribution < 1.29 is 14.7 Å². The molecule has 2 rings (SSSR count). The molecule has 0 spiro atoms. The van der Waals surface area contributed by atoms with Crippen molar-refractivity contribution in [3.63, 3.8) is 0 Å². The molecule has 1 aromatic carbocycles. The maximum Gasteiger partial charge on any atom is 0.304 e. The zero-order valence-electron chi connectivity index (χ0n) is 11.2. The minimum Gasteiger partial charge on any atom is -0.481 e. The summed E-state index contributed by atoms with van der Waals surface area (Å²) in [5.41, 5.74) is 2.86. The molecule has 0 fully saturated rings. The maximum absolute atomic E-state index is 11.3. The van der Waals surface area contributed by atoms with Gasteiger partial charge in [0.05, 0.1) is 12.8 Å². The summed E-state index contributed by atoms with van der Waals surface area (Å²) in [5, 5.41) is 14.9. The SMILES string of the molecule is C=CCNC(CC(=O)O)Cc1ccc2c(c1)CC(=O)N2. The molecule has 0 radical (unpaired) electrons. The van der Waals surface area contributed by atoms with Gasteiger partial charge in [-0.15, -0.1) is 6.58 Å². The van der Waals surface area contributed by atoms with E-state index in [1.807, 2.05) is 18.2 Å². The Bertz CT molecular complexity index is 540. The first-order chi connectivity index (χ1) is 9.58. The fourth-order valence-corrected chi connectivity index (χ4v) is 2.37. The number of fused-ring (bicyclic) bond motifs is 1. The second-order valence-corrected chi connectivity index (χ2v) is 4.91. The first kappa shape index (κ1) is 14.3. The molecule has 0 saturated carbocycles. The number of benzene rings is 1. The number of hydrogen-bond acceptors (Lipinski definition) is 3. The van der Waals surface area contributed by atoms with Gasteiger partial charge in [-0.3, -0.25) is 9.59 Å². The van der Waals surface area contributed by atoms with Crippen LogP contribution in [0.2, 0.25) is 0 Å². The Hall–Kier alpha value is -2.14. The molecule has 5 heteroatoms. The van der Waals surface area contributed by atoms with E-state index in [1.165, 1.54) is 0 Å². The number of carbonyl (C=O) groups is 2. The molecule has 0 aliphatic carbocycles. The molecule has 0 aromatic heterocycles. The number of amides is 1. The monoisotopic (exact) mass is 274 g/mol. The topological polar surface area (TPSA) is 78.4 Å². The van der Waals surface area contributed by atoms with Crippen molar-refractivity contribution in [1.29, 1.82) is 0 Å². The van der Waals surface area contributed by atoms with Crippen LogP contribution in [0.25, 0.3) is 0 Å². The number of rotatable bonds is 7. The third kappa shape index (κ3) is 3.68. The van der Waals surface area contributed by atoms with E-state index < -0.39 is 5.97 Å². The van der Waals surface area contributed by atoms with Crippen LogP contribution in [0.1, 0.15) is 17.5 Å². The van der Waals surface area contributed by atoms with Gasteiger partial charge in [0.2, 0.25) is 5.91 Å². The van der Waals surface area contributed by atoms with Crippen molar-refractivity contribution in [1.82, 2.24) is 5.32 Å². The molecule has 3 N–H and O–H groups in total. The molecule has 1 aromatic rings. The van der Waals surface area contributed by atoms with Gasteiger partial charge in [0.15, 0.2) is 0 Å². The highest BCUT2D eigenvalue weighted by atomic mass is 16.4. The van der Waals surface area contributed by atoms with Crippen LogP contribution in [0, 0.1) is 0 Å². The quantitative estimate of drug-likeness (QED) is 0.656. The molecule has 5 nitrogen and oxygen atoms in total. The number of carbonyl (C=O) groups excluding carboxylic acids is 1. The molecule has 106 valence electrons. The average Bonchev–Trinajstić information content (AvgIpc) is 2.74. The minimum atomic E-state index is -0.829.